The topological polar surface area (TPSA) is 59.8 Å². The van der Waals surface area contributed by atoms with Crippen LogP contribution in [0.1, 0.15) is 44.1 Å². The average molecular weight is 470 g/mol. The van der Waals surface area contributed by atoms with E-state index in [-0.39, 0.29) is 18.0 Å². The number of fused-ring (bicyclic) bond motifs is 1. The molecule has 0 fully saturated rings. The van der Waals surface area contributed by atoms with Gasteiger partial charge in [-0.1, -0.05) is 11.6 Å². The molecule has 34 heavy (non-hydrogen) atoms. The lowest BCUT2D eigenvalue weighted by Crippen LogP contribution is -2.15. The molecule has 4 rings (SSSR count). The molecular formula is C25H22F4N4O. The van der Waals surface area contributed by atoms with Crippen LogP contribution in [-0.4, -0.2) is 20.7 Å². The predicted molar refractivity (Wildman–Crippen MR) is 121 cm³/mol. The van der Waals surface area contributed by atoms with E-state index in [0.29, 0.717) is 45.3 Å². The molecule has 0 radical (unpaired) electrons. The third kappa shape index (κ3) is 4.64. The Morgan fingerprint density at radius 1 is 1.03 bits per heavy atom. The highest BCUT2D eigenvalue weighted by molar-refractivity contribution is 6.12. The molecule has 4 aromatic rings. The zero-order chi connectivity index (χ0) is 24.8. The molecule has 0 saturated carbocycles. The number of carbonyl (C=O) groups excluding carboxylic acids is 1. The van der Waals surface area contributed by atoms with Crippen molar-refractivity contribution in [1.82, 2.24) is 14.8 Å². The number of aryl methyl sites for hydroxylation is 3. The van der Waals surface area contributed by atoms with Gasteiger partial charge in [-0.25, -0.2) is 4.39 Å². The minimum Gasteiger partial charge on any atom is -0.319 e. The second-order valence-electron chi connectivity index (χ2n) is 8.34. The highest BCUT2D eigenvalue weighted by Gasteiger charge is 2.31. The van der Waals surface area contributed by atoms with Crippen LogP contribution in [0.3, 0.4) is 0 Å². The fourth-order valence-corrected chi connectivity index (χ4v) is 3.95. The number of anilines is 1. The molecule has 1 amide bonds. The summed E-state index contributed by atoms with van der Waals surface area (Å²) in [5.41, 5.74) is 3.36. The lowest BCUT2D eigenvalue weighted by molar-refractivity contribution is -0.137. The zero-order valence-electron chi connectivity index (χ0n) is 19.0. The molecule has 0 saturated heterocycles. The number of carbonyl (C=O) groups is 1. The van der Waals surface area contributed by atoms with E-state index in [1.165, 1.54) is 4.68 Å². The first-order chi connectivity index (χ1) is 15.9. The predicted octanol–water partition coefficient (Wildman–Crippen LogP) is 6.12. The Balaban J connectivity index is 1.66. The summed E-state index contributed by atoms with van der Waals surface area (Å²) in [5.74, 6) is -1.33. The van der Waals surface area contributed by atoms with Crippen LogP contribution in [0, 0.1) is 33.5 Å². The van der Waals surface area contributed by atoms with Gasteiger partial charge in [0.05, 0.1) is 40.3 Å². The maximum atomic E-state index is 13.8. The smallest absolute Gasteiger partial charge is 0.319 e. The molecule has 2 heterocycles. The van der Waals surface area contributed by atoms with Crippen molar-refractivity contribution in [2.45, 2.75) is 40.4 Å². The number of hydrogen-bond acceptors (Lipinski definition) is 3. The van der Waals surface area contributed by atoms with E-state index < -0.39 is 17.6 Å². The monoisotopic (exact) mass is 470 g/mol. The van der Waals surface area contributed by atoms with Crippen LogP contribution in [0.4, 0.5) is 23.2 Å². The van der Waals surface area contributed by atoms with Gasteiger partial charge in [-0.05, 0) is 69.7 Å². The number of nitrogens with one attached hydrogen (secondary N) is 1. The maximum Gasteiger partial charge on any atom is 0.416 e. The molecule has 0 aliphatic carbocycles. The zero-order valence-corrected chi connectivity index (χ0v) is 19.0. The Labute approximate surface area is 193 Å². The quantitative estimate of drug-likeness (QED) is 0.366. The van der Waals surface area contributed by atoms with Crippen molar-refractivity contribution in [3.8, 4) is 0 Å². The van der Waals surface area contributed by atoms with E-state index >= 15 is 0 Å². The molecule has 0 aliphatic rings. The van der Waals surface area contributed by atoms with Gasteiger partial charge in [0.1, 0.15) is 5.82 Å². The summed E-state index contributed by atoms with van der Waals surface area (Å²) in [4.78, 5) is 17.7. The van der Waals surface area contributed by atoms with Crippen LogP contribution in [0.2, 0.25) is 0 Å². The second kappa shape index (κ2) is 8.55. The molecule has 1 N–H and O–H groups in total. The number of hydrogen-bond donors (Lipinski definition) is 1. The van der Waals surface area contributed by atoms with Gasteiger partial charge in [-0.3, -0.25) is 14.5 Å². The fraction of sp³-hybridized carbons (Fsp3) is 0.240. The largest absolute Gasteiger partial charge is 0.416 e. The molecule has 0 spiro atoms. The van der Waals surface area contributed by atoms with E-state index in [9.17, 15) is 22.4 Å². The van der Waals surface area contributed by atoms with E-state index in [1.807, 2.05) is 25.1 Å². The van der Waals surface area contributed by atoms with E-state index in [0.717, 1.165) is 17.7 Å². The van der Waals surface area contributed by atoms with Crippen molar-refractivity contribution in [2.75, 3.05) is 5.32 Å². The third-order valence-corrected chi connectivity index (χ3v) is 5.57. The molecule has 0 bridgehead atoms. The first kappa shape index (κ1) is 23.4. The van der Waals surface area contributed by atoms with Crippen LogP contribution in [0.25, 0.3) is 10.9 Å². The van der Waals surface area contributed by atoms with Crippen molar-refractivity contribution in [1.29, 1.82) is 0 Å². The lowest BCUT2D eigenvalue weighted by Gasteiger charge is -2.12. The Bertz CT molecular complexity index is 1420. The minimum atomic E-state index is -4.66. The lowest BCUT2D eigenvalue weighted by atomic mass is 10.0. The Morgan fingerprint density at radius 2 is 1.76 bits per heavy atom. The first-order valence-electron chi connectivity index (χ1n) is 10.5. The molecule has 2 aromatic carbocycles. The average Bonchev–Trinajstić information content (AvgIpc) is 2.99. The third-order valence-electron chi connectivity index (χ3n) is 5.57. The van der Waals surface area contributed by atoms with Crippen molar-refractivity contribution in [3.05, 3.63) is 87.6 Å². The van der Waals surface area contributed by atoms with Crippen molar-refractivity contribution in [3.63, 3.8) is 0 Å². The molecular weight excluding hydrogens is 448 g/mol. The second-order valence-corrected chi connectivity index (χ2v) is 8.34. The molecule has 9 heteroatoms. The van der Waals surface area contributed by atoms with Gasteiger partial charge in [-0.2, -0.15) is 18.3 Å². The Morgan fingerprint density at radius 3 is 2.47 bits per heavy atom. The van der Waals surface area contributed by atoms with E-state index in [2.05, 4.69) is 15.4 Å². The van der Waals surface area contributed by atoms with Crippen LogP contribution >= 0.6 is 0 Å². The van der Waals surface area contributed by atoms with E-state index in [1.54, 1.807) is 26.8 Å². The van der Waals surface area contributed by atoms with Gasteiger partial charge >= 0.3 is 6.18 Å². The summed E-state index contributed by atoms with van der Waals surface area (Å²) in [6.45, 7) is 7.03. The summed E-state index contributed by atoms with van der Waals surface area (Å²) in [6, 6.07) is 9.77. The normalized spacial score (nSPS) is 11.8. The van der Waals surface area contributed by atoms with Gasteiger partial charge in [0.2, 0.25) is 0 Å². The summed E-state index contributed by atoms with van der Waals surface area (Å²) < 4.78 is 54.4. The van der Waals surface area contributed by atoms with Crippen LogP contribution in [-0.2, 0) is 12.7 Å². The number of nitrogens with zero attached hydrogens (tertiary/aromatic N) is 3. The number of aromatic nitrogens is 3. The van der Waals surface area contributed by atoms with Crippen LogP contribution in [0.15, 0.2) is 42.5 Å². The van der Waals surface area contributed by atoms with Gasteiger partial charge in [-0.15, -0.1) is 0 Å². The highest BCUT2D eigenvalue weighted by Crippen LogP contribution is 2.31. The summed E-state index contributed by atoms with van der Waals surface area (Å²) in [6.07, 6.45) is -4.66. The molecule has 0 unspecified atom stereocenters. The van der Waals surface area contributed by atoms with Crippen LogP contribution in [0.5, 0.6) is 0 Å². The van der Waals surface area contributed by atoms with Crippen molar-refractivity contribution in [2.24, 2.45) is 0 Å². The standard InChI is InChI=1S/C25H22F4N4O/c1-13-5-6-22-20(7-13)21(8-14(2)30-22)24(34)31-23-15(3)32-33(16(23)4)12-17-9-18(25(27,28)29)11-19(26)10-17/h5-11H,12H2,1-4H3,(H,31,34). The number of rotatable bonds is 4. The van der Waals surface area contributed by atoms with Crippen molar-refractivity contribution < 1.29 is 22.4 Å². The summed E-state index contributed by atoms with van der Waals surface area (Å²) >= 11 is 0. The number of halogens is 4. The van der Waals surface area contributed by atoms with Gasteiger partial charge in [0.25, 0.3) is 5.91 Å². The maximum absolute atomic E-state index is 13.8. The van der Waals surface area contributed by atoms with Gasteiger partial charge in [0.15, 0.2) is 0 Å². The minimum absolute atomic E-state index is 0.0835. The van der Waals surface area contributed by atoms with Gasteiger partial charge in [0, 0.05) is 11.1 Å². The molecule has 0 atom stereocenters. The molecule has 5 nitrogen and oxygen atoms in total. The highest BCUT2D eigenvalue weighted by atomic mass is 19.4. The number of alkyl halides is 3. The molecule has 0 aliphatic heterocycles. The number of amides is 1. The van der Waals surface area contributed by atoms with Gasteiger partial charge < -0.3 is 5.32 Å². The fourth-order valence-electron chi connectivity index (χ4n) is 3.95. The molecule has 2 aromatic heterocycles. The SMILES string of the molecule is Cc1ccc2nc(C)cc(C(=O)Nc3c(C)nn(Cc4cc(F)cc(C(F)(F)F)c4)c3C)c2c1. The van der Waals surface area contributed by atoms with E-state index in [4.69, 9.17) is 0 Å². The Kier molecular flexibility index (Phi) is 5.89. The Hall–Kier alpha value is -3.75. The summed E-state index contributed by atoms with van der Waals surface area (Å²) in [5, 5.41) is 7.95. The van der Waals surface area contributed by atoms with Crippen LogP contribution < -0.4 is 5.32 Å². The summed E-state index contributed by atoms with van der Waals surface area (Å²) in [7, 11) is 0. The van der Waals surface area contributed by atoms with Crippen molar-refractivity contribution >= 4 is 22.5 Å². The first-order valence-corrected chi connectivity index (χ1v) is 10.5. The number of pyridine rings is 1. The molecule has 176 valence electrons. The number of benzene rings is 2.